The third kappa shape index (κ3) is 1.92. The van der Waals surface area contributed by atoms with Crippen LogP contribution in [0.2, 0.25) is 5.15 Å². The highest BCUT2D eigenvalue weighted by molar-refractivity contribution is 6.29. The van der Waals surface area contributed by atoms with Gasteiger partial charge in [0.25, 0.3) is 0 Å². The van der Waals surface area contributed by atoms with Crippen LogP contribution in [0.5, 0.6) is 0 Å². The Labute approximate surface area is 82.0 Å². The molecule has 0 bridgehead atoms. The summed E-state index contributed by atoms with van der Waals surface area (Å²) in [7, 11) is 0. The summed E-state index contributed by atoms with van der Waals surface area (Å²) in [6, 6.07) is 3.73. The van der Waals surface area contributed by atoms with E-state index < -0.39 is 0 Å². The Kier molecular flexibility index (Phi) is 2.38. The molecule has 1 aliphatic heterocycles. The Morgan fingerprint density at radius 3 is 3.08 bits per heavy atom. The minimum absolute atomic E-state index is 0.202. The molecule has 1 N–H and O–H groups in total. The van der Waals surface area contributed by atoms with Gasteiger partial charge < -0.3 is 10.0 Å². The SMILES string of the molecule is O[C@@H]1CCN(c2ccnc(Cl)c2)C1. The van der Waals surface area contributed by atoms with Crippen molar-refractivity contribution in [3.8, 4) is 0 Å². The molecule has 0 aromatic carbocycles. The summed E-state index contributed by atoms with van der Waals surface area (Å²) < 4.78 is 0. The number of hydrogen-bond donors (Lipinski definition) is 1. The topological polar surface area (TPSA) is 36.4 Å². The van der Waals surface area contributed by atoms with Gasteiger partial charge in [-0.25, -0.2) is 4.98 Å². The van der Waals surface area contributed by atoms with Crippen LogP contribution in [0.3, 0.4) is 0 Å². The van der Waals surface area contributed by atoms with Crippen molar-refractivity contribution in [2.75, 3.05) is 18.0 Å². The average molecular weight is 199 g/mol. The maximum Gasteiger partial charge on any atom is 0.131 e. The van der Waals surface area contributed by atoms with Crippen LogP contribution in [0, 0.1) is 0 Å². The number of aromatic nitrogens is 1. The first-order valence-electron chi connectivity index (χ1n) is 4.30. The first-order chi connectivity index (χ1) is 6.25. The van der Waals surface area contributed by atoms with E-state index >= 15 is 0 Å². The fourth-order valence-electron chi connectivity index (χ4n) is 1.57. The summed E-state index contributed by atoms with van der Waals surface area (Å²) in [5, 5.41) is 9.84. The second kappa shape index (κ2) is 3.52. The van der Waals surface area contributed by atoms with E-state index in [-0.39, 0.29) is 6.10 Å². The summed E-state index contributed by atoms with van der Waals surface area (Å²) in [5.41, 5.74) is 1.04. The zero-order valence-corrected chi connectivity index (χ0v) is 7.91. The number of nitrogens with zero attached hydrogens (tertiary/aromatic N) is 2. The Hall–Kier alpha value is -0.800. The van der Waals surface area contributed by atoms with Crippen LogP contribution in [-0.2, 0) is 0 Å². The van der Waals surface area contributed by atoms with E-state index in [2.05, 4.69) is 9.88 Å². The number of halogens is 1. The second-order valence-corrected chi connectivity index (χ2v) is 3.61. The zero-order valence-electron chi connectivity index (χ0n) is 7.15. The summed E-state index contributed by atoms with van der Waals surface area (Å²) in [5.74, 6) is 0. The zero-order chi connectivity index (χ0) is 9.26. The van der Waals surface area contributed by atoms with Crippen LogP contribution in [0.15, 0.2) is 18.3 Å². The maximum absolute atomic E-state index is 9.34. The number of pyridine rings is 1. The molecule has 1 aliphatic rings. The van der Waals surface area contributed by atoms with E-state index in [1.807, 2.05) is 12.1 Å². The summed E-state index contributed by atoms with van der Waals surface area (Å²) >= 11 is 5.76. The van der Waals surface area contributed by atoms with Gasteiger partial charge in [-0.05, 0) is 18.6 Å². The molecule has 4 heteroatoms. The smallest absolute Gasteiger partial charge is 0.131 e. The van der Waals surface area contributed by atoms with Crippen LogP contribution in [0.25, 0.3) is 0 Å². The molecule has 2 heterocycles. The van der Waals surface area contributed by atoms with Gasteiger partial charge in [0.2, 0.25) is 0 Å². The van der Waals surface area contributed by atoms with Crippen molar-refractivity contribution in [2.45, 2.75) is 12.5 Å². The normalized spacial score (nSPS) is 22.3. The standard InChI is InChI=1S/C9H11ClN2O/c10-9-5-7(1-3-11-9)12-4-2-8(13)6-12/h1,3,5,8,13H,2,4,6H2/t8-/m1/s1. The molecule has 70 valence electrons. The van der Waals surface area contributed by atoms with Crippen molar-refractivity contribution in [3.63, 3.8) is 0 Å². The maximum atomic E-state index is 9.34. The van der Waals surface area contributed by atoms with Crippen LogP contribution < -0.4 is 4.90 Å². The van der Waals surface area contributed by atoms with E-state index in [9.17, 15) is 5.11 Å². The molecule has 1 saturated heterocycles. The van der Waals surface area contributed by atoms with Gasteiger partial charge in [0.05, 0.1) is 6.10 Å². The highest BCUT2D eigenvalue weighted by Gasteiger charge is 2.20. The monoisotopic (exact) mass is 198 g/mol. The summed E-state index contributed by atoms with van der Waals surface area (Å²) in [6.07, 6.45) is 2.31. The molecule has 0 saturated carbocycles. The van der Waals surface area contributed by atoms with Gasteiger partial charge >= 0.3 is 0 Å². The van der Waals surface area contributed by atoms with Gasteiger partial charge in [-0.1, -0.05) is 11.6 Å². The van der Waals surface area contributed by atoms with E-state index in [1.54, 1.807) is 6.20 Å². The molecule has 0 spiro atoms. The number of anilines is 1. The van der Waals surface area contributed by atoms with Crippen molar-refractivity contribution in [1.82, 2.24) is 4.98 Å². The van der Waals surface area contributed by atoms with Gasteiger partial charge in [-0.15, -0.1) is 0 Å². The third-order valence-electron chi connectivity index (χ3n) is 2.24. The fourth-order valence-corrected chi connectivity index (χ4v) is 1.73. The number of hydrogen-bond acceptors (Lipinski definition) is 3. The molecule has 3 nitrogen and oxygen atoms in total. The van der Waals surface area contributed by atoms with Crippen LogP contribution in [-0.4, -0.2) is 29.3 Å². The Bertz CT molecular complexity index is 305. The molecule has 13 heavy (non-hydrogen) atoms. The predicted molar refractivity (Wildman–Crippen MR) is 52.1 cm³/mol. The average Bonchev–Trinajstić information content (AvgIpc) is 2.52. The van der Waals surface area contributed by atoms with Gasteiger partial charge in [-0.3, -0.25) is 0 Å². The molecular formula is C9H11ClN2O. The van der Waals surface area contributed by atoms with Gasteiger partial charge in [0.15, 0.2) is 0 Å². The Morgan fingerprint density at radius 1 is 1.62 bits per heavy atom. The lowest BCUT2D eigenvalue weighted by molar-refractivity contribution is 0.198. The molecular weight excluding hydrogens is 188 g/mol. The fraction of sp³-hybridized carbons (Fsp3) is 0.444. The van der Waals surface area contributed by atoms with Crippen molar-refractivity contribution in [2.24, 2.45) is 0 Å². The van der Waals surface area contributed by atoms with E-state index in [0.717, 1.165) is 18.7 Å². The molecule has 0 amide bonds. The molecule has 0 radical (unpaired) electrons. The van der Waals surface area contributed by atoms with Crippen molar-refractivity contribution in [3.05, 3.63) is 23.5 Å². The summed E-state index contributed by atoms with van der Waals surface area (Å²) in [4.78, 5) is 6.02. The number of aliphatic hydroxyl groups is 1. The number of aliphatic hydroxyl groups excluding tert-OH is 1. The van der Waals surface area contributed by atoms with Crippen LogP contribution in [0.4, 0.5) is 5.69 Å². The lowest BCUT2D eigenvalue weighted by Gasteiger charge is -2.17. The van der Waals surface area contributed by atoms with Crippen LogP contribution in [0.1, 0.15) is 6.42 Å². The lowest BCUT2D eigenvalue weighted by atomic mass is 10.3. The van der Waals surface area contributed by atoms with E-state index in [1.165, 1.54) is 0 Å². The van der Waals surface area contributed by atoms with Gasteiger partial charge in [-0.2, -0.15) is 0 Å². The van der Waals surface area contributed by atoms with Gasteiger partial charge in [0.1, 0.15) is 5.15 Å². The van der Waals surface area contributed by atoms with E-state index in [4.69, 9.17) is 11.6 Å². The molecule has 1 aromatic rings. The molecule has 1 atom stereocenters. The Morgan fingerprint density at radius 2 is 2.46 bits per heavy atom. The molecule has 1 fully saturated rings. The number of rotatable bonds is 1. The second-order valence-electron chi connectivity index (χ2n) is 3.23. The minimum atomic E-state index is -0.202. The van der Waals surface area contributed by atoms with Crippen LogP contribution >= 0.6 is 11.6 Å². The first-order valence-corrected chi connectivity index (χ1v) is 4.68. The molecule has 2 rings (SSSR count). The molecule has 0 aliphatic carbocycles. The predicted octanol–water partition coefficient (Wildman–Crippen LogP) is 1.31. The Balaban J connectivity index is 2.16. The summed E-state index contributed by atoms with van der Waals surface area (Å²) in [6.45, 7) is 1.59. The molecule has 1 aromatic heterocycles. The lowest BCUT2D eigenvalue weighted by Crippen LogP contribution is -2.20. The quantitative estimate of drug-likeness (QED) is 0.692. The van der Waals surface area contributed by atoms with Crippen molar-refractivity contribution in [1.29, 1.82) is 0 Å². The highest BCUT2D eigenvalue weighted by atomic mass is 35.5. The molecule has 0 unspecified atom stereocenters. The largest absolute Gasteiger partial charge is 0.391 e. The van der Waals surface area contributed by atoms with Gasteiger partial charge in [0, 0.05) is 25.0 Å². The first kappa shape index (κ1) is 8.78. The van der Waals surface area contributed by atoms with E-state index in [0.29, 0.717) is 11.7 Å². The van der Waals surface area contributed by atoms with Crippen molar-refractivity contribution >= 4 is 17.3 Å². The third-order valence-corrected chi connectivity index (χ3v) is 2.45. The minimum Gasteiger partial charge on any atom is -0.391 e. The number of β-amino-alcohol motifs (C(OH)–C–C–N with tert-alkyl or cyclic N) is 1. The highest BCUT2D eigenvalue weighted by Crippen LogP contribution is 2.21. The van der Waals surface area contributed by atoms with Crippen molar-refractivity contribution < 1.29 is 5.11 Å².